The molecule has 0 aromatic carbocycles. The number of carbonyl (C=O) groups is 1. The quantitative estimate of drug-likeness (QED) is 0.159. The predicted molar refractivity (Wildman–Crippen MR) is 130 cm³/mol. The fourth-order valence-corrected chi connectivity index (χ4v) is 4.34. The van der Waals surface area contributed by atoms with Gasteiger partial charge in [-0.05, 0) is 52.1 Å². The first kappa shape index (κ1) is 34.2. The van der Waals surface area contributed by atoms with E-state index in [-0.39, 0.29) is 57.8 Å². The minimum atomic E-state index is -0.905. The second-order valence-electron chi connectivity index (χ2n) is 9.45. The van der Waals surface area contributed by atoms with E-state index < -0.39 is 5.97 Å². The number of carboxylic acid groups (broad SMARTS) is 1. The van der Waals surface area contributed by atoms with E-state index in [1.165, 1.54) is 116 Å². The van der Waals surface area contributed by atoms with Crippen LogP contribution in [0.15, 0.2) is 0 Å². The number of hydrogen-bond donors (Lipinski definition) is 0. The van der Waals surface area contributed by atoms with Crippen LogP contribution in [0.3, 0.4) is 0 Å². The molecule has 0 saturated carbocycles. The van der Waals surface area contributed by atoms with E-state index in [1.807, 2.05) is 0 Å². The summed E-state index contributed by atoms with van der Waals surface area (Å²) < 4.78 is 0. The SMILES string of the molecule is CCCCCCCCCCN(CCCCCCCCCC)C(C)CCCCC(=O)[O-].[K+]. The van der Waals surface area contributed by atoms with Crippen molar-refractivity contribution in [3.05, 3.63) is 0 Å². The monoisotopic (exact) mass is 463 g/mol. The Morgan fingerprint density at radius 1 is 0.645 bits per heavy atom. The van der Waals surface area contributed by atoms with Gasteiger partial charge in [-0.3, -0.25) is 0 Å². The number of nitrogens with zero attached hydrogens (tertiary/aromatic N) is 1. The second-order valence-corrected chi connectivity index (χ2v) is 9.45. The van der Waals surface area contributed by atoms with Gasteiger partial charge in [-0.1, -0.05) is 110 Å². The van der Waals surface area contributed by atoms with Crippen LogP contribution in [-0.4, -0.2) is 30.0 Å². The second kappa shape index (κ2) is 27.3. The van der Waals surface area contributed by atoms with E-state index in [9.17, 15) is 9.90 Å². The smallest absolute Gasteiger partial charge is 0.550 e. The minimum Gasteiger partial charge on any atom is -0.550 e. The standard InChI is InChI=1S/C27H55NO2.K/c1-4-6-8-10-12-14-16-20-24-28(26(3)22-18-19-23-27(29)30)25-21-17-15-13-11-9-7-5-2;/h26H,4-25H2,1-3H3,(H,29,30);/q;+1/p-1. The number of unbranched alkanes of at least 4 members (excludes halogenated alkanes) is 15. The predicted octanol–water partition coefficient (Wildman–Crippen LogP) is 4.27. The fraction of sp³-hybridized carbons (Fsp3) is 0.963. The van der Waals surface area contributed by atoms with Crippen LogP contribution in [-0.2, 0) is 4.79 Å². The van der Waals surface area contributed by atoms with Gasteiger partial charge in [0.2, 0.25) is 0 Å². The molecule has 0 heterocycles. The third kappa shape index (κ3) is 25.5. The van der Waals surface area contributed by atoms with Crippen LogP contribution in [0, 0.1) is 0 Å². The van der Waals surface area contributed by atoms with Gasteiger partial charge in [-0.25, -0.2) is 0 Å². The number of rotatable bonds is 24. The van der Waals surface area contributed by atoms with Gasteiger partial charge in [-0.15, -0.1) is 0 Å². The first-order valence-electron chi connectivity index (χ1n) is 13.6. The van der Waals surface area contributed by atoms with Crippen molar-refractivity contribution in [3.8, 4) is 0 Å². The summed E-state index contributed by atoms with van der Waals surface area (Å²) in [7, 11) is 0. The van der Waals surface area contributed by atoms with E-state index in [4.69, 9.17) is 0 Å². The summed E-state index contributed by atoms with van der Waals surface area (Å²) in [6.45, 7) is 9.33. The summed E-state index contributed by atoms with van der Waals surface area (Å²) >= 11 is 0. The van der Waals surface area contributed by atoms with Crippen molar-refractivity contribution >= 4 is 5.97 Å². The molecule has 4 heteroatoms. The van der Waals surface area contributed by atoms with Gasteiger partial charge in [0.05, 0.1) is 0 Å². The van der Waals surface area contributed by atoms with E-state index in [0.29, 0.717) is 6.04 Å². The summed E-state index contributed by atoms with van der Waals surface area (Å²) in [5.74, 6) is -0.905. The maximum absolute atomic E-state index is 10.6. The molecule has 0 radical (unpaired) electrons. The van der Waals surface area contributed by atoms with Crippen LogP contribution in [0.1, 0.15) is 149 Å². The zero-order chi connectivity index (χ0) is 22.3. The Kier molecular flexibility index (Phi) is 30.2. The number of hydrogen-bond acceptors (Lipinski definition) is 3. The zero-order valence-electron chi connectivity index (χ0n) is 21.9. The Hall–Kier alpha value is 1.07. The van der Waals surface area contributed by atoms with Crippen molar-refractivity contribution in [2.45, 2.75) is 155 Å². The molecular weight excluding hydrogens is 409 g/mol. The normalized spacial score (nSPS) is 12.1. The molecule has 0 fully saturated rings. The maximum Gasteiger partial charge on any atom is 1.00 e. The van der Waals surface area contributed by atoms with Gasteiger partial charge in [0.15, 0.2) is 0 Å². The van der Waals surface area contributed by atoms with Crippen molar-refractivity contribution < 1.29 is 61.3 Å². The molecule has 0 aromatic heterocycles. The summed E-state index contributed by atoms with van der Waals surface area (Å²) in [5.41, 5.74) is 0. The van der Waals surface area contributed by atoms with Crippen molar-refractivity contribution in [2.75, 3.05) is 13.1 Å². The molecule has 0 saturated heterocycles. The molecule has 31 heavy (non-hydrogen) atoms. The Bertz CT molecular complexity index is 345. The van der Waals surface area contributed by atoms with E-state index in [0.717, 1.165) is 19.3 Å². The molecule has 0 aliphatic carbocycles. The topological polar surface area (TPSA) is 43.4 Å². The summed E-state index contributed by atoms with van der Waals surface area (Å²) in [5, 5.41) is 10.6. The average molecular weight is 464 g/mol. The first-order valence-corrected chi connectivity index (χ1v) is 13.6. The molecule has 0 spiro atoms. The van der Waals surface area contributed by atoms with Gasteiger partial charge in [0.25, 0.3) is 0 Å². The molecule has 3 nitrogen and oxygen atoms in total. The molecule has 0 aromatic rings. The van der Waals surface area contributed by atoms with E-state index >= 15 is 0 Å². The zero-order valence-corrected chi connectivity index (χ0v) is 25.0. The van der Waals surface area contributed by atoms with Gasteiger partial charge >= 0.3 is 51.4 Å². The molecule has 0 aliphatic rings. The summed E-state index contributed by atoms with van der Waals surface area (Å²) in [4.78, 5) is 13.3. The Labute approximate surface area is 238 Å². The molecule has 1 unspecified atom stereocenters. The van der Waals surface area contributed by atoms with Gasteiger partial charge in [0, 0.05) is 12.0 Å². The Morgan fingerprint density at radius 2 is 1.03 bits per heavy atom. The number of aliphatic carboxylic acids is 1. The molecule has 180 valence electrons. The van der Waals surface area contributed by atoms with Crippen molar-refractivity contribution in [3.63, 3.8) is 0 Å². The summed E-state index contributed by atoms with van der Waals surface area (Å²) in [6.07, 6.45) is 25.1. The molecule has 0 bridgehead atoms. The van der Waals surface area contributed by atoms with Crippen molar-refractivity contribution in [2.24, 2.45) is 0 Å². The van der Waals surface area contributed by atoms with Crippen LogP contribution in [0.4, 0.5) is 0 Å². The van der Waals surface area contributed by atoms with Gasteiger partial charge < -0.3 is 14.8 Å². The molecular formula is C27H54KNO2. The number of carbonyl (C=O) groups excluding carboxylic acids is 1. The molecule has 1 atom stereocenters. The molecule has 0 aliphatic heterocycles. The minimum absolute atomic E-state index is 0. The molecule has 0 amide bonds. The fourth-order valence-electron chi connectivity index (χ4n) is 4.34. The van der Waals surface area contributed by atoms with Crippen LogP contribution < -0.4 is 56.5 Å². The van der Waals surface area contributed by atoms with Gasteiger partial charge in [0.1, 0.15) is 0 Å². The third-order valence-corrected chi connectivity index (χ3v) is 6.47. The van der Waals surface area contributed by atoms with E-state index in [1.54, 1.807) is 0 Å². The van der Waals surface area contributed by atoms with Crippen molar-refractivity contribution in [1.29, 1.82) is 0 Å². The first-order chi connectivity index (χ1) is 14.6. The Morgan fingerprint density at radius 3 is 1.42 bits per heavy atom. The average Bonchev–Trinajstić information content (AvgIpc) is 2.73. The van der Waals surface area contributed by atoms with E-state index in [2.05, 4.69) is 25.7 Å². The maximum atomic E-state index is 10.6. The van der Waals surface area contributed by atoms with Crippen LogP contribution >= 0.6 is 0 Å². The van der Waals surface area contributed by atoms with Crippen molar-refractivity contribution in [1.82, 2.24) is 4.90 Å². The van der Waals surface area contributed by atoms with Crippen LogP contribution in [0.2, 0.25) is 0 Å². The largest absolute Gasteiger partial charge is 1.00 e. The number of carboxylic acids is 1. The Balaban J connectivity index is 0. The van der Waals surface area contributed by atoms with Crippen LogP contribution in [0.25, 0.3) is 0 Å². The molecule has 0 rings (SSSR count). The van der Waals surface area contributed by atoms with Crippen LogP contribution in [0.5, 0.6) is 0 Å². The summed E-state index contributed by atoms with van der Waals surface area (Å²) in [6, 6.07) is 0.570. The van der Waals surface area contributed by atoms with Gasteiger partial charge in [-0.2, -0.15) is 0 Å². The molecule has 0 N–H and O–H groups in total. The third-order valence-electron chi connectivity index (χ3n) is 6.47.